The number of nitrogens with zero attached hydrogens (tertiary/aromatic N) is 2. The first kappa shape index (κ1) is 13.1. The lowest BCUT2D eigenvalue weighted by molar-refractivity contribution is -0.133. The molecule has 2 rings (SSSR count). The second kappa shape index (κ2) is 6.00. The fourth-order valence-electron chi connectivity index (χ4n) is 2.57. The van der Waals surface area contributed by atoms with Crippen molar-refractivity contribution in [3.8, 4) is 0 Å². The normalized spacial score (nSPS) is 18.9. The molecule has 0 spiro atoms. The number of H-pyrrole nitrogens is 1. The highest BCUT2D eigenvalue weighted by atomic mass is 16.2. The topological polar surface area (TPSA) is 75.0 Å². The lowest BCUT2D eigenvalue weighted by Gasteiger charge is -2.33. The number of amides is 1. The molecule has 1 fully saturated rings. The van der Waals surface area contributed by atoms with Gasteiger partial charge in [-0.25, -0.2) is 0 Å². The van der Waals surface area contributed by atoms with Crippen molar-refractivity contribution < 1.29 is 4.79 Å². The Bertz CT molecular complexity index is 368. The van der Waals surface area contributed by atoms with Gasteiger partial charge in [0.05, 0.1) is 6.04 Å². The lowest BCUT2D eigenvalue weighted by atomic mass is 9.93. The summed E-state index contributed by atoms with van der Waals surface area (Å²) in [5, 5.41) is 6.99. The highest BCUT2D eigenvalue weighted by Gasteiger charge is 2.26. The summed E-state index contributed by atoms with van der Waals surface area (Å²) < 4.78 is 0. The number of aromatic nitrogens is 2. The minimum Gasteiger partial charge on any atom is -0.341 e. The third-order valence-corrected chi connectivity index (χ3v) is 3.69. The Labute approximate surface area is 108 Å². The third-order valence-electron chi connectivity index (χ3n) is 3.69. The molecule has 5 heteroatoms. The van der Waals surface area contributed by atoms with Crippen LogP contribution >= 0.6 is 0 Å². The molecule has 2 heterocycles. The van der Waals surface area contributed by atoms with Gasteiger partial charge in [0.2, 0.25) is 5.91 Å². The molecule has 1 aliphatic rings. The van der Waals surface area contributed by atoms with Gasteiger partial charge in [0, 0.05) is 30.9 Å². The molecule has 1 aliphatic heterocycles. The van der Waals surface area contributed by atoms with E-state index in [1.165, 1.54) is 5.69 Å². The van der Waals surface area contributed by atoms with Gasteiger partial charge in [-0.05, 0) is 25.3 Å². The number of hydrogen-bond donors (Lipinski definition) is 2. The second-order valence-electron chi connectivity index (χ2n) is 5.01. The molecule has 3 N–H and O–H groups in total. The lowest BCUT2D eigenvalue weighted by Crippen LogP contribution is -2.46. The van der Waals surface area contributed by atoms with Crippen molar-refractivity contribution in [2.45, 2.75) is 44.6 Å². The van der Waals surface area contributed by atoms with E-state index in [4.69, 9.17) is 5.73 Å². The van der Waals surface area contributed by atoms with Crippen molar-refractivity contribution >= 4 is 5.91 Å². The first-order valence-corrected chi connectivity index (χ1v) is 6.76. The zero-order chi connectivity index (χ0) is 13.0. The Morgan fingerprint density at radius 1 is 1.61 bits per heavy atom. The summed E-state index contributed by atoms with van der Waals surface area (Å²) in [5.74, 6) is 0.610. The van der Waals surface area contributed by atoms with Crippen LogP contribution in [0, 0.1) is 0 Å². The molecule has 5 nitrogen and oxygen atoms in total. The minimum absolute atomic E-state index is 0.111. The predicted molar refractivity (Wildman–Crippen MR) is 70.0 cm³/mol. The van der Waals surface area contributed by atoms with Crippen molar-refractivity contribution in [3.05, 3.63) is 18.0 Å². The zero-order valence-corrected chi connectivity index (χ0v) is 10.9. The molecule has 0 saturated carbocycles. The van der Waals surface area contributed by atoms with Gasteiger partial charge in [-0.15, -0.1) is 0 Å². The number of nitrogens with two attached hydrogens (primary N) is 1. The van der Waals surface area contributed by atoms with Gasteiger partial charge >= 0.3 is 0 Å². The summed E-state index contributed by atoms with van der Waals surface area (Å²) >= 11 is 0. The number of piperidine rings is 1. The van der Waals surface area contributed by atoms with Crippen LogP contribution in [0.15, 0.2) is 12.3 Å². The smallest absolute Gasteiger partial charge is 0.239 e. The summed E-state index contributed by atoms with van der Waals surface area (Å²) in [6.45, 7) is 3.66. The van der Waals surface area contributed by atoms with E-state index in [0.717, 1.165) is 38.8 Å². The van der Waals surface area contributed by atoms with E-state index < -0.39 is 0 Å². The summed E-state index contributed by atoms with van der Waals surface area (Å²) in [6.07, 6.45) is 5.50. The van der Waals surface area contributed by atoms with Crippen LogP contribution in [-0.2, 0) is 4.79 Å². The zero-order valence-electron chi connectivity index (χ0n) is 10.9. The molecule has 0 bridgehead atoms. The number of likely N-dealkylation sites (tertiary alicyclic amines) is 1. The Hall–Kier alpha value is -1.36. The van der Waals surface area contributed by atoms with Gasteiger partial charge in [0.1, 0.15) is 0 Å². The van der Waals surface area contributed by atoms with Crippen molar-refractivity contribution in [2.24, 2.45) is 5.73 Å². The molecule has 100 valence electrons. The van der Waals surface area contributed by atoms with Gasteiger partial charge in [-0.2, -0.15) is 5.10 Å². The number of rotatable bonds is 4. The highest BCUT2D eigenvalue weighted by molar-refractivity contribution is 5.81. The molecule has 1 unspecified atom stereocenters. The van der Waals surface area contributed by atoms with Crippen molar-refractivity contribution in [3.63, 3.8) is 0 Å². The number of nitrogens with one attached hydrogen (secondary N) is 1. The SMILES string of the molecule is CCCC(N)C(=O)N1CCC(c2ccn[nH]2)CC1. The molecule has 0 radical (unpaired) electrons. The maximum Gasteiger partial charge on any atom is 0.239 e. The minimum atomic E-state index is -0.321. The van der Waals surface area contributed by atoms with Crippen LogP contribution in [0.1, 0.15) is 44.2 Å². The van der Waals surface area contributed by atoms with Gasteiger partial charge in [-0.3, -0.25) is 9.89 Å². The van der Waals surface area contributed by atoms with Gasteiger partial charge in [0.25, 0.3) is 0 Å². The molecule has 1 aromatic heterocycles. The fraction of sp³-hybridized carbons (Fsp3) is 0.692. The maximum absolute atomic E-state index is 12.1. The van der Waals surface area contributed by atoms with Crippen LogP contribution in [0.5, 0.6) is 0 Å². The molecular formula is C13H22N4O. The molecule has 1 atom stereocenters. The molecule has 18 heavy (non-hydrogen) atoms. The summed E-state index contributed by atoms with van der Waals surface area (Å²) in [5.41, 5.74) is 7.06. The van der Waals surface area contributed by atoms with E-state index in [9.17, 15) is 4.79 Å². The summed E-state index contributed by atoms with van der Waals surface area (Å²) in [6, 6.07) is 1.70. The molecule has 0 aliphatic carbocycles. The number of hydrogen-bond acceptors (Lipinski definition) is 3. The second-order valence-corrected chi connectivity index (χ2v) is 5.01. The summed E-state index contributed by atoms with van der Waals surface area (Å²) in [4.78, 5) is 14.0. The monoisotopic (exact) mass is 250 g/mol. The van der Waals surface area contributed by atoms with Crippen molar-refractivity contribution in [2.75, 3.05) is 13.1 Å². The average Bonchev–Trinajstić information content (AvgIpc) is 2.92. The predicted octanol–water partition coefficient (Wildman–Crippen LogP) is 1.24. The van der Waals surface area contributed by atoms with Gasteiger partial charge in [-0.1, -0.05) is 13.3 Å². The van der Waals surface area contributed by atoms with Crippen LogP contribution in [0.4, 0.5) is 0 Å². The number of carbonyl (C=O) groups is 1. The first-order valence-electron chi connectivity index (χ1n) is 6.76. The van der Waals surface area contributed by atoms with E-state index in [1.807, 2.05) is 11.0 Å². The number of carbonyl (C=O) groups excluding carboxylic acids is 1. The Balaban J connectivity index is 1.85. The van der Waals surface area contributed by atoms with Crippen molar-refractivity contribution in [1.82, 2.24) is 15.1 Å². The standard InChI is InChI=1S/C13H22N4O/c1-2-3-11(14)13(18)17-8-5-10(6-9-17)12-4-7-15-16-12/h4,7,10-11H,2-3,5-6,8-9,14H2,1H3,(H,15,16). The van der Waals surface area contributed by atoms with Crippen LogP contribution in [-0.4, -0.2) is 40.1 Å². The molecular weight excluding hydrogens is 228 g/mol. The number of aromatic amines is 1. The average molecular weight is 250 g/mol. The van der Waals surface area contributed by atoms with Gasteiger partial charge < -0.3 is 10.6 Å². The van der Waals surface area contributed by atoms with E-state index >= 15 is 0 Å². The molecule has 0 aromatic carbocycles. The van der Waals surface area contributed by atoms with Crippen LogP contribution < -0.4 is 5.73 Å². The quantitative estimate of drug-likeness (QED) is 0.844. The summed E-state index contributed by atoms with van der Waals surface area (Å²) in [7, 11) is 0. The van der Waals surface area contributed by atoms with Crippen LogP contribution in [0.25, 0.3) is 0 Å². The fourth-order valence-corrected chi connectivity index (χ4v) is 2.57. The van der Waals surface area contributed by atoms with Crippen LogP contribution in [0.3, 0.4) is 0 Å². The largest absolute Gasteiger partial charge is 0.341 e. The Kier molecular flexibility index (Phi) is 4.36. The third kappa shape index (κ3) is 2.90. The first-order chi connectivity index (χ1) is 8.72. The van der Waals surface area contributed by atoms with E-state index in [2.05, 4.69) is 17.1 Å². The Morgan fingerprint density at radius 2 is 2.33 bits per heavy atom. The van der Waals surface area contributed by atoms with E-state index in [-0.39, 0.29) is 11.9 Å². The van der Waals surface area contributed by atoms with Gasteiger partial charge in [0.15, 0.2) is 0 Å². The Morgan fingerprint density at radius 3 is 2.89 bits per heavy atom. The maximum atomic E-state index is 12.1. The molecule has 1 aromatic rings. The van der Waals surface area contributed by atoms with E-state index in [1.54, 1.807) is 6.20 Å². The van der Waals surface area contributed by atoms with Crippen LogP contribution in [0.2, 0.25) is 0 Å². The van der Waals surface area contributed by atoms with Crippen molar-refractivity contribution in [1.29, 1.82) is 0 Å². The highest BCUT2D eigenvalue weighted by Crippen LogP contribution is 2.26. The van der Waals surface area contributed by atoms with E-state index in [0.29, 0.717) is 5.92 Å². The molecule has 1 saturated heterocycles. The molecule has 1 amide bonds.